The molecule has 2 aromatic rings. The summed E-state index contributed by atoms with van der Waals surface area (Å²) >= 11 is 0. The second-order valence-corrected chi connectivity index (χ2v) is 9.30. The molecule has 0 spiro atoms. The monoisotopic (exact) mass is 525 g/mol. The van der Waals surface area contributed by atoms with Gasteiger partial charge in [-0.25, -0.2) is 19.4 Å². The van der Waals surface area contributed by atoms with Crippen LogP contribution in [0.4, 0.5) is 4.39 Å². The van der Waals surface area contributed by atoms with Crippen LogP contribution in [0.1, 0.15) is 31.4 Å². The first-order chi connectivity index (χ1) is 18.2. The summed E-state index contributed by atoms with van der Waals surface area (Å²) in [6.07, 6.45) is -0.368. The van der Waals surface area contributed by atoms with Crippen molar-refractivity contribution in [3.05, 3.63) is 47.8 Å². The highest BCUT2D eigenvalue weighted by molar-refractivity contribution is 6.11. The largest absolute Gasteiger partial charge is 0.481 e. The number of aromatic nitrogens is 1. The summed E-state index contributed by atoms with van der Waals surface area (Å²) in [6.45, 7) is 1.59. The maximum Gasteiger partial charge on any atom is 0.254 e. The number of nitrogens with zero attached hydrogens (tertiary/aromatic N) is 5. The van der Waals surface area contributed by atoms with Crippen LogP contribution in [0, 0.1) is 11.7 Å². The Labute approximate surface area is 220 Å². The number of nitrogens with one attached hydrogen (secondary N) is 1. The molecule has 0 bridgehead atoms. The van der Waals surface area contributed by atoms with Crippen molar-refractivity contribution in [3.63, 3.8) is 0 Å². The molecule has 1 aromatic carbocycles. The first kappa shape index (κ1) is 27.1. The van der Waals surface area contributed by atoms with Crippen LogP contribution >= 0.6 is 0 Å². The number of hydrogen-bond acceptors (Lipinski definition) is 10. The predicted octanol–water partition coefficient (Wildman–Crippen LogP) is 1.87. The molecule has 0 radical (unpaired) electrons. The first-order valence-corrected chi connectivity index (χ1v) is 12.2. The van der Waals surface area contributed by atoms with Gasteiger partial charge in [-0.3, -0.25) is 20.1 Å². The third-order valence-electron chi connectivity index (χ3n) is 6.47. The lowest BCUT2D eigenvalue weighted by atomic mass is 9.82. The fourth-order valence-corrected chi connectivity index (χ4v) is 4.68. The number of ether oxygens (including phenoxy) is 1. The van der Waals surface area contributed by atoms with Crippen molar-refractivity contribution in [3.8, 4) is 17.1 Å². The maximum atomic E-state index is 14.4. The number of carbonyl (C=O) groups is 1. The average Bonchev–Trinajstić information content (AvgIpc) is 2.89. The number of guanidine groups is 1. The van der Waals surface area contributed by atoms with E-state index in [0.29, 0.717) is 35.1 Å². The number of benzene rings is 1. The highest BCUT2D eigenvalue weighted by atomic mass is 19.1. The van der Waals surface area contributed by atoms with Crippen LogP contribution in [0.3, 0.4) is 0 Å². The first-order valence-electron chi connectivity index (χ1n) is 12.2. The van der Waals surface area contributed by atoms with Gasteiger partial charge in [-0.05, 0) is 37.1 Å². The number of hydroxylamine groups is 1. The molecule has 4 atom stereocenters. The summed E-state index contributed by atoms with van der Waals surface area (Å²) in [7, 11) is 4.74. The molecule has 3 unspecified atom stereocenters. The molecule has 1 aromatic heterocycles. The standard InChI is InChI=1S/C26H32FN7O4/c1-14-23-20(32-26(28)29-14)13-19(31-24(23)33-38-21(10-11-35)25(36)34(2)3)16-9-8-15(27)12-17(16)18-6-5-7-22(30-18)37-4/h5-9,12,19-21,23,35H,10-11,13H2,1-4H3,(H2,28,32)(H,31,33)/t19?,20-,21?,23?/m1/s1. The zero-order valence-electron chi connectivity index (χ0n) is 21.8. The number of aliphatic hydroxyl groups is 1. The summed E-state index contributed by atoms with van der Waals surface area (Å²) in [5.41, 5.74) is 11.4. The molecule has 0 aliphatic carbocycles. The van der Waals surface area contributed by atoms with Gasteiger partial charge in [-0.1, -0.05) is 12.1 Å². The van der Waals surface area contributed by atoms with Gasteiger partial charge in [0.2, 0.25) is 11.8 Å². The van der Waals surface area contributed by atoms with Gasteiger partial charge in [0.05, 0.1) is 30.8 Å². The Bertz CT molecular complexity index is 1280. The van der Waals surface area contributed by atoms with Crippen LogP contribution in [-0.2, 0) is 9.63 Å². The lowest BCUT2D eigenvalue weighted by Gasteiger charge is -2.36. The molecule has 4 rings (SSSR count). The Morgan fingerprint density at radius 2 is 2.08 bits per heavy atom. The number of methoxy groups -OCH3 is 1. The van der Waals surface area contributed by atoms with E-state index in [2.05, 4.69) is 20.4 Å². The van der Waals surface area contributed by atoms with Gasteiger partial charge in [0, 0.05) is 44.5 Å². The number of carbonyl (C=O) groups excluding carboxylic acids is 1. The molecule has 2 aliphatic heterocycles. The summed E-state index contributed by atoms with van der Waals surface area (Å²) in [5, 5.41) is 9.45. The van der Waals surface area contributed by atoms with Gasteiger partial charge >= 0.3 is 0 Å². The maximum absolute atomic E-state index is 14.4. The van der Waals surface area contributed by atoms with E-state index in [0.717, 1.165) is 5.56 Å². The zero-order valence-corrected chi connectivity index (χ0v) is 21.8. The topological polar surface area (TPSA) is 147 Å². The molecule has 0 fully saturated rings. The van der Waals surface area contributed by atoms with Gasteiger partial charge in [0.15, 0.2) is 6.10 Å². The van der Waals surface area contributed by atoms with E-state index in [4.69, 9.17) is 20.3 Å². The fraction of sp³-hybridized carbons (Fsp3) is 0.423. The van der Waals surface area contributed by atoms with Crippen LogP contribution in [0.15, 0.2) is 51.4 Å². The van der Waals surface area contributed by atoms with Gasteiger partial charge < -0.3 is 20.5 Å². The van der Waals surface area contributed by atoms with Crippen molar-refractivity contribution in [1.29, 1.82) is 0 Å². The Balaban J connectivity index is 1.74. The van der Waals surface area contributed by atoms with E-state index in [1.54, 1.807) is 38.4 Å². The number of nitrogens with two attached hydrogens (primary N) is 1. The molecule has 12 heteroatoms. The quantitative estimate of drug-likeness (QED) is 0.446. The number of hydrogen-bond donors (Lipinski definition) is 3. The third kappa shape index (κ3) is 5.81. The van der Waals surface area contributed by atoms with Crippen molar-refractivity contribution in [2.24, 2.45) is 26.6 Å². The zero-order chi connectivity index (χ0) is 27.4. The Kier molecular flexibility index (Phi) is 8.32. The number of pyridine rings is 1. The van der Waals surface area contributed by atoms with Gasteiger partial charge in [-0.2, -0.15) is 0 Å². The summed E-state index contributed by atoms with van der Waals surface area (Å²) in [6, 6.07) is 8.96. The minimum atomic E-state index is -0.937. The number of fused-ring (bicyclic) bond motifs is 1. The van der Waals surface area contributed by atoms with E-state index in [9.17, 15) is 14.3 Å². The molecular formula is C26H32FN7O4. The molecule has 3 heterocycles. The lowest BCUT2D eigenvalue weighted by molar-refractivity contribution is -0.145. The van der Waals surface area contributed by atoms with E-state index < -0.39 is 18.0 Å². The summed E-state index contributed by atoms with van der Waals surface area (Å²) in [5.74, 6) is -0.104. The third-order valence-corrected chi connectivity index (χ3v) is 6.47. The van der Waals surface area contributed by atoms with Crippen LogP contribution in [0.25, 0.3) is 11.3 Å². The van der Waals surface area contributed by atoms with Crippen molar-refractivity contribution in [2.75, 3.05) is 27.8 Å². The number of aliphatic hydroxyl groups excluding tert-OH is 1. The van der Waals surface area contributed by atoms with Gasteiger partial charge in [-0.15, -0.1) is 0 Å². The van der Waals surface area contributed by atoms with Crippen LogP contribution in [0.5, 0.6) is 5.88 Å². The molecule has 38 heavy (non-hydrogen) atoms. The normalized spacial score (nSPS) is 21.4. The highest BCUT2D eigenvalue weighted by Crippen LogP contribution is 2.39. The molecule has 0 saturated heterocycles. The molecule has 0 saturated carbocycles. The number of aliphatic imine (C=N–C) groups is 3. The van der Waals surface area contributed by atoms with E-state index in [1.165, 1.54) is 24.1 Å². The van der Waals surface area contributed by atoms with Crippen molar-refractivity contribution >= 4 is 23.4 Å². The van der Waals surface area contributed by atoms with Crippen molar-refractivity contribution < 1.29 is 23.9 Å². The van der Waals surface area contributed by atoms with Crippen LogP contribution in [-0.4, -0.2) is 78.4 Å². The highest BCUT2D eigenvalue weighted by Gasteiger charge is 2.39. The predicted molar refractivity (Wildman–Crippen MR) is 141 cm³/mol. The van der Waals surface area contributed by atoms with Gasteiger partial charge in [0.25, 0.3) is 5.91 Å². The van der Waals surface area contributed by atoms with E-state index in [-0.39, 0.29) is 36.9 Å². The van der Waals surface area contributed by atoms with Gasteiger partial charge in [0.1, 0.15) is 11.7 Å². The van der Waals surface area contributed by atoms with E-state index in [1.807, 2.05) is 6.92 Å². The molecular weight excluding hydrogens is 493 g/mol. The van der Waals surface area contributed by atoms with Crippen molar-refractivity contribution in [2.45, 2.75) is 38.0 Å². The minimum Gasteiger partial charge on any atom is -0.481 e. The Morgan fingerprint density at radius 3 is 2.79 bits per heavy atom. The number of rotatable bonds is 8. The smallest absolute Gasteiger partial charge is 0.254 e. The number of amides is 1. The minimum absolute atomic E-state index is 0.0939. The number of halogens is 1. The van der Waals surface area contributed by atoms with Crippen molar-refractivity contribution in [1.82, 2.24) is 15.4 Å². The number of amidine groups is 1. The fourth-order valence-electron chi connectivity index (χ4n) is 4.68. The Hall–Kier alpha value is -3.90. The second kappa shape index (κ2) is 11.7. The molecule has 2 aliphatic rings. The second-order valence-electron chi connectivity index (χ2n) is 9.30. The molecule has 1 amide bonds. The van der Waals surface area contributed by atoms with Crippen LogP contribution in [0.2, 0.25) is 0 Å². The van der Waals surface area contributed by atoms with Crippen LogP contribution < -0.4 is 16.0 Å². The average molecular weight is 526 g/mol. The lowest BCUT2D eigenvalue weighted by Crippen LogP contribution is -2.49. The molecule has 4 N–H and O–H groups in total. The summed E-state index contributed by atoms with van der Waals surface area (Å²) < 4.78 is 19.7. The Morgan fingerprint density at radius 1 is 1.29 bits per heavy atom. The van der Waals surface area contributed by atoms with E-state index >= 15 is 0 Å². The molecule has 11 nitrogen and oxygen atoms in total. The molecule has 202 valence electrons. The summed E-state index contributed by atoms with van der Waals surface area (Å²) in [4.78, 5) is 38.0. The SMILES string of the molecule is COc1cccc(-c2cc(F)ccc2C2C[C@H]3N=C(N)N=C(C)C3C(NOC(CCO)C(=O)N(C)C)=N2)n1. The number of likely N-dealkylation sites (N-methyl/N-ethyl adjacent to an activating group) is 1.